The van der Waals surface area contributed by atoms with Crippen LogP contribution in [0.1, 0.15) is 169 Å². The minimum Gasteiger partial charge on any atom is -0.462 e. The molecule has 16 nitrogen and oxygen atoms in total. The first-order valence-electron chi connectivity index (χ1n) is 21.3. The van der Waals surface area contributed by atoms with E-state index in [1.165, 1.54) is 64.7 Å². The molecule has 1 aliphatic heterocycles. The molecule has 0 amide bonds. The third kappa shape index (κ3) is 24.8. The molecule has 18 heteroatoms. The van der Waals surface area contributed by atoms with E-state index in [4.69, 9.17) is 23.5 Å². The molecule has 0 aromatic heterocycles. The predicted octanol–water partition coefficient (Wildman–Crippen LogP) is 7.39. The summed E-state index contributed by atoms with van der Waals surface area (Å²) in [6.07, 6.45) is 13.4. The lowest BCUT2D eigenvalue weighted by Crippen LogP contribution is -2.58. The molecule has 0 saturated carbocycles. The number of carbonyl (C=O) groups is 2. The van der Waals surface area contributed by atoms with Crippen LogP contribution in [0.4, 0.5) is 0 Å². The Balaban J connectivity index is 3.06. The van der Waals surface area contributed by atoms with Crippen molar-refractivity contribution < 1.29 is 76.5 Å². The molecule has 0 aromatic rings. The number of ether oxygens (including phenoxy) is 4. The Morgan fingerprint density at radius 3 is 1.70 bits per heavy atom. The van der Waals surface area contributed by atoms with E-state index in [0.29, 0.717) is 19.3 Å². The maximum Gasteiger partial charge on any atom is 0.470 e. The van der Waals surface area contributed by atoms with Crippen molar-refractivity contribution in [3.8, 4) is 0 Å². The van der Waals surface area contributed by atoms with E-state index >= 15 is 0 Å². The highest BCUT2D eigenvalue weighted by atomic mass is 31.2. The molecule has 57 heavy (non-hydrogen) atoms. The number of phosphoric acid groups is 2. The van der Waals surface area contributed by atoms with Crippen LogP contribution in [0.5, 0.6) is 0 Å². The number of aliphatic hydroxyl groups is 2. The van der Waals surface area contributed by atoms with Crippen LogP contribution < -0.4 is 0 Å². The van der Waals surface area contributed by atoms with Crippen molar-refractivity contribution in [2.45, 2.75) is 200 Å². The van der Waals surface area contributed by atoms with Crippen LogP contribution in [-0.4, -0.2) is 98.9 Å². The van der Waals surface area contributed by atoms with Gasteiger partial charge < -0.3 is 48.7 Å². The topological polar surface area (TPSA) is 245 Å². The van der Waals surface area contributed by atoms with E-state index in [1.807, 2.05) is 0 Å². The van der Waals surface area contributed by atoms with Gasteiger partial charge in [-0.05, 0) is 25.7 Å². The van der Waals surface area contributed by atoms with Crippen molar-refractivity contribution in [3.63, 3.8) is 0 Å². The Morgan fingerprint density at radius 1 is 0.702 bits per heavy atom. The second-order valence-corrected chi connectivity index (χ2v) is 18.1. The van der Waals surface area contributed by atoms with Crippen LogP contribution in [-0.2, 0) is 46.7 Å². The third-order valence-corrected chi connectivity index (χ3v) is 11.6. The van der Waals surface area contributed by atoms with Gasteiger partial charge in [-0.15, -0.1) is 0 Å². The molecule has 1 rings (SSSR count). The summed E-state index contributed by atoms with van der Waals surface area (Å²) in [4.78, 5) is 64.5. The molecule has 1 aliphatic rings. The molecule has 0 radical (unpaired) electrons. The largest absolute Gasteiger partial charge is 0.470 e. The van der Waals surface area contributed by atoms with Gasteiger partial charge >= 0.3 is 27.6 Å². The van der Waals surface area contributed by atoms with Gasteiger partial charge in [0.05, 0.1) is 32.8 Å². The first-order valence-corrected chi connectivity index (χ1v) is 24.4. The smallest absolute Gasteiger partial charge is 0.462 e. The zero-order chi connectivity index (χ0) is 42.7. The van der Waals surface area contributed by atoms with E-state index in [-0.39, 0.29) is 25.9 Å². The summed E-state index contributed by atoms with van der Waals surface area (Å²) >= 11 is 0. The van der Waals surface area contributed by atoms with Crippen molar-refractivity contribution in [2.24, 2.45) is 11.3 Å². The van der Waals surface area contributed by atoms with Crippen molar-refractivity contribution in [3.05, 3.63) is 0 Å². The lowest BCUT2D eigenvalue weighted by molar-refractivity contribution is -0.290. The molecular weight excluding hydrogens is 786 g/mol. The molecule has 0 bridgehead atoms. The Bertz CT molecular complexity index is 1160. The fourth-order valence-electron chi connectivity index (χ4n) is 6.86. The van der Waals surface area contributed by atoms with Gasteiger partial charge in [0.2, 0.25) is 0 Å². The van der Waals surface area contributed by atoms with Gasteiger partial charge in [0.1, 0.15) is 24.4 Å². The Labute approximate surface area is 340 Å². The minimum absolute atomic E-state index is 0.161. The van der Waals surface area contributed by atoms with Crippen LogP contribution in [0.25, 0.3) is 0 Å². The van der Waals surface area contributed by atoms with Crippen LogP contribution >= 0.6 is 15.6 Å². The normalized spacial score (nSPS) is 21.9. The van der Waals surface area contributed by atoms with Gasteiger partial charge in [-0.1, -0.05) is 130 Å². The van der Waals surface area contributed by atoms with Crippen LogP contribution in [0, 0.1) is 11.3 Å². The molecule has 0 aromatic carbocycles. The standard InChI is InChI=1S/C39H76O16P2/c1-5-8-10-12-14-16-18-20-22-24-32(52-34(42)25-23-21-19-17-15-13-11-9-6-2)26-35(43)54-36-31(4)38(53-33(27-40)37(36)55-57(47,48)49)50-29-39(7-3,28-41)30-51-56(44,45)46/h31-33,36-38,40-41H,5-30H2,1-4H3,(H2,44,45,46)(H2,47,48,49)/t31-,32+,33?,36+,37+,38?,39?/m0/s1. The van der Waals surface area contributed by atoms with E-state index in [1.54, 1.807) is 6.92 Å². The Hall–Kier alpha value is -1.00. The number of rotatable bonds is 35. The highest BCUT2D eigenvalue weighted by Gasteiger charge is 2.50. The zero-order valence-electron chi connectivity index (χ0n) is 35.0. The monoisotopic (exact) mass is 862 g/mol. The van der Waals surface area contributed by atoms with Gasteiger partial charge in [0, 0.05) is 17.8 Å². The van der Waals surface area contributed by atoms with Crippen molar-refractivity contribution >= 4 is 27.6 Å². The lowest BCUT2D eigenvalue weighted by Gasteiger charge is -2.45. The average Bonchev–Trinajstić information content (AvgIpc) is 3.15. The first-order chi connectivity index (χ1) is 27.0. The number of hydrogen-bond acceptors (Lipinski definition) is 12. The number of hydrogen-bond donors (Lipinski definition) is 6. The molecule has 1 fully saturated rings. The second kappa shape index (κ2) is 30.1. The van der Waals surface area contributed by atoms with E-state index in [0.717, 1.165) is 44.9 Å². The minimum atomic E-state index is -5.21. The number of phosphoric ester groups is 2. The van der Waals surface area contributed by atoms with E-state index in [2.05, 4.69) is 18.4 Å². The lowest BCUT2D eigenvalue weighted by atomic mass is 9.87. The highest BCUT2D eigenvalue weighted by Crippen LogP contribution is 2.44. The molecular formula is C39H76O16P2. The van der Waals surface area contributed by atoms with Crippen LogP contribution in [0.2, 0.25) is 0 Å². The number of esters is 2. The molecule has 6 N–H and O–H groups in total. The van der Waals surface area contributed by atoms with Gasteiger partial charge in [-0.2, -0.15) is 0 Å². The van der Waals surface area contributed by atoms with Crippen molar-refractivity contribution in [1.29, 1.82) is 0 Å². The third-order valence-electron chi connectivity index (χ3n) is 10.6. The second-order valence-electron chi connectivity index (χ2n) is 15.7. The molecule has 0 aliphatic carbocycles. The SMILES string of the molecule is CCCCCCCCCCCC(=O)O[C@H](CCCCCCCCCCC)CC(=O)O[C@@H]1[C@H](C)C(OCC(CC)(CO)COP(=O)(O)O)OC(CO)[C@H]1OP(=O)(O)O. The summed E-state index contributed by atoms with van der Waals surface area (Å²) in [5, 5.41) is 20.3. The summed E-state index contributed by atoms with van der Waals surface area (Å²) in [6.45, 7) is 5.19. The fourth-order valence-corrected chi connectivity index (χ4v) is 7.88. The summed E-state index contributed by atoms with van der Waals surface area (Å²) in [5.41, 5.74) is -1.29. The molecule has 3 unspecified atom stereocenters. The summed E-state index contributed by atoms with van der Waals surface area (Å²) in [5.74, 6) is -2.21. The first kappa shape index (κ1) is 54.0. The van der Waals surface area contributed by atoms with Gasteiger partial charge in [0.25, 0.3) is 0 Å². The fraction of sp³-hybridized carbons (Fsp3) is 0.949. The van der Waals surface area contributed by atoms with Crippen LogP contribution in [0.15, 0.2) is 0 Å². The molecule has 0 spiro atoms. The quantitative estimate of drug-likeness (QED) is 0.0207. The number of unbranched alkanes of at least 4 members (excludes halogenated alkanes) is 16. The molecule has 1 heterocycles. The number of aliphatic hydroxyl groups excluding tert-OH is 2. The molecule has 1 saturated heterocycles. The number of carbonyl (C=O) groups excluding carboxylic acids is 2. The highest BCUT2D eigenvalue weighted by molar-refractivity contribution is 7.46. The Morgan fingerprint density at radius 2 is 1.23 bits per heavy atom. The van der Waals surface area contributed by atoms with E-state index in [9.17, 15) is 48.5 Å². The summed E-state index contributed by atoms with van der Waals surface area (Å²) in [6, 6.07) is 0. The Kier molecular flexibility index (Phi) is 28.5. The maximum atomic E-state index is 13.6. The van der Waals surface area contributed by atoms with E-state index < -0.39 is 89.4 Å². The maximum absolute atomic E-state index is 13.6. The summed E-state index contributed by atoms with van der Waals surface area (Å²) in [7, 11) is -10.1. The average molecular weight is 863 g/mol. The molecule has 338 valence electrons. The molecule has 7 atom stereocenters. The van der Waals surface area contributed by atoms with Gasteiger partial charge in [-0.25, -0.2) is 9.13 Å². The van der Waals surface area contributed by atoms with Crippen molar-refractivity contribution in [1.82, 2.24) is 0 Å². The van der Waals surface area contributed by atoms with Crippen LogP contribution in [0.3, 0.4) is 0 Å². The zero-order valence-corrected chi connectivity index (χ0v) is 36.8. The van der Waals surface area contributed by atoms with Gasteiger partial charge in [0.15, 0.2) is 6.29 Å². The van der Waals surface area contributed by atoms with Crippen molar-refractivity contribution in [2.75, 3.05) is 26.4 Å². The van der Waals surface area contributed by atoms with Gasteiger partial charge in [-0.3, -0.25) is 18.6 Å². The predicted molar refractivity (Wildman–Crippen MR) is 214 cm³/mol. The summed E-state index contributed by atoms with van der Waals surface area (Å²) < 4.78 is 56.4.